The molecule has 4 amide bonds. The van der Waals surface area contributed by atoms with Gasteiger partial charge in [-0.2, -0.15) is 0 Å². The van der Waals surface area contributed by atoms with E-state index in [4.69, 9.17) is 9.47 Å². The van der Waals surface area contributed by atoms with Gasteiger partial charge < -0.3 is 9.47 Å². The summed E-state index contributed by atoms with van der Waals surface area (Å²) in [5, 5.41) is 2.24. The Kier molecular flexibility index (Phi) is 6.73. The fourth-order valence-electron chi connectivity index (χ4n) is 3.62. The van der Waals surface area contributed by atoms with Gasteiger partial charge in [-0.05, 0) is 41.8 Å². The third kappa shape index (κ3) is 4.99. The normalized spacial score (nSPS) is 15.8. The molecule has 1 saturated heterocycles. The van der Waals surface area contributed by atoms with Gasteiger partial charge in [0.25, 0.3) is 11.8 Å². The summed E-state index contributed by atoms with van der Waals surface area (Å²) in [6.07, 6.45) is 1.23. The zero-order valence-electron chi connectivity index (χ0n) is 18.9. The molecular weight excluding hydrogens is 432 g/mol. The summed E-state index contributed by atoms with van der Waals surface area (Å²) in [6.45, 7) is 2.00. The molecule has 0 bridgehead atoms. The van der Waals surface area contributed by atoms with Crippen LogP contribution >= 0.6 is 0 Å². The number of nitrogens with zero attached hydrogens (tertiary/aromatic N) is 1. The highest BCUT2D eigenvalue weighted by molar-refractivity contribution is 6.30. The van der Waals surface area contributed by atoms with Gasteiger partial charge in [0.15, 0.2) is 11.5 Å². The molecular formula is C27H24N2O5. The Morgan fingerprint density at radius 1 is 0.912 bits per heavy atom. The van der Waals surface area contributed by atoms with Crippen molar-refractivity contribution in [3.63, 3.8) is 0 Å². The summed E-state index contributed by atoms with van der Waals surface area (Å²) >= 11 is 0. The Balaban J connectivity index is 1.57. The molecule has 3 aromatic rings. The molecule has 0 aliphatic carbocycles. The summed E-state index contributed by atoms with van der Waals surface area (Å²) in [5.74, 6) is -0.412. The van der Waals surface area contributed by atoms with Crippen LogP contribution in [-0.4, -0.2) is 29.9 Å². The molecule has 1 aliphatic rings. The molecule has 172 valence electrons. The largest absolute Gasteiger partial charge is 0.493 e. The number of urea groups is 1. The third-order valence-electron chi connectivity index (χ3n) is 5.44. The van der Waals surface area contributed by atoms with E-state index in [2.05, 4.69) is 5.32 Å². The number of imide groups is 2. The Bertz CT molecular complexity index is 1240. The van der Waals surface area contributed by atoms with Gasteiger partial charge in [-0.1, -0.05) is 66.7 Å². The number of hydrogen-bond donors (Lipinski definition) is 1. The fraction of sp³-hybridized carbons (Fsp3) is 0.148. The van der Waals surface area contributed by atoms with Crippen LogP contribution in [-0.2, 0) is 16.1 Å². The lowest BCUT2D eigenvalue weighted by molar-refractivity contribution is -0.130. The quantitative estimate of drug-likeness (QED) is 0.418. The molecule has 7 heteroatoms. The Morgan fingerprint density at radius 3 is 2.26 bits per heavy atom. The Labute approximate surface area is 197 Å². The van der Waals surface area contributed by atoms with E-state index in [-0.39, 0.29) is 18.2 Å². The zero-order chi connectivity index (χ0) is 24.1. The van der Waals surface area contributed by atoms with Crippen LogP contribution in [0.3, 0.4) is 0 Å². The summed E-state index contributed by atoms with van der Waals surface area (Å²) < 4.78 is 11.5. The van der Waals surface area contributed by atoms with Crippen LogP contribution < -0.4 is 14.8 Å². The number of carbonyl (C=O) groups is 3. The van der Waals surface area contributed by atoms with Crippen molar-refractivity contribution in [1.29, 1.82) is 0 Å². The third-order valence-corrected chi connectivity index (χ3v) is 5.44. The number of nitrogens with one attached hydrogen (secondary N) is 1. The van der Waals surface area contributed by atoms with Crippen LogP contribution in [0.25, 0.3) is 6.08 Å². The van der Waals surface area contributed by atoms with Crippen LogP contribution in [0.5, 0.6) is 11.5 Å². The second-order valence-electron chi connectivity index (χ2n) is 7.78. The molecule has 0 spiro atoms. The maximum atomic E-state index is 13.0. The van der Waals surface area contributed by atoms with E-state index in [0.717, 1.165) is 16.0 Å². The Morgan fingerprint density at radius 2 is 1.59 bits per heavy atom. The van der Waals surface area contributed by atoms with E-state index in [1.165, 1.54) is 13.2 Å². The highest BCUT2D eigenvalue weighted by Gasteiger charge is 2.35. The van der Waals surface area contributed by atoms with Gasteiger partial charge >= 0.3 is 6.03 Å². The summed E-state index contributed by atoms with van der Waals surface area (Å²) in [5.41, 5.74) is 2.21. The average Bonchev–Trinajstić information content (AvgIpc) is 2.86. The first-order valence-electron chi connectivity index (χ1n) is 10.8. The number of methoxy groups -OCH3 is 1. The summed E-state index contributed by atoms with van der Waals surface area (Å²) in [4.78, 5) is 38.7. The highest BCUT2D eigenvalue weighted by Crippen LogP contribution is 2.33. The van der Waals surface area contributed by atoms with Crippen LogP contribution in [0.2, 0.25) is 0 Å². The van der Waals surface area contributed by atoms with Gasteiger partial charge in [-0.3, -0.25) is 19.8 Å². The minimum absolute atomic E-state index is 0.0591. The maximum absolute atomic E-state index is 13.0. The first kappa shape index (κ1) is 22.8. The lowest BCUT2D eigenvalue weighted by Crippen LogP contribution is -2.53. The van der Waals surface area contributed by atoms with E-state index in [1.54, 1.807) is 30.3 Å². The molecule has 7 nitrogen and oxygen atoms in total. The zero-order valence-corrected chi connectivity index (χ0v) is 18.9. The molecule has 1 atom stereocenters. The molecule has 0 aromatic heterocycles. The molecule has 1 N–H and O–H groups in total. The molecule has 1 aliphatic heterocycles. The molecule has 0 radical (unpaired) electrons. The SMILES string of the molecule is COc1cc(/C=C2/C(=O)NC(=O)N(Cc3ccccc3)C2=O)ccc1O[C@@H](C)c1ccccc1. The summed E-state index contributed by atoms with van der Waals surface area (Å²) in [7, 11) is 1.52. The predicted octanol–water partition coefficient (Wildman–Crippen LogP) is 4.50. The van der Waals surface area contributed by atoms with Crippen LogP contribution in [0, 0.1) is 0 Å². The van der Waals surface area contributed by atoms with E-state index in [9.17, 15) is 14.4 Å². The van der Waals surface area contributed by atoms with Gasteiger partial charge in [0, 0.05) is 0 Å². The van der Waals surface area contributed by atoms with Crippen molar-refractivity contribution in [2.75, 3.05) is 7.11 Å². The first-order chi connectivity index (χ1) is 16.5. The molecule has 0 saturated carbocycles. The second kappa shape index (κ2) is 10.0. The Hall–Kier alpha value is -4.39. The van der Waals surface area contributed by atoms with Crippen molar-refractivity contribution < 1.29 is 23.9 Å². The van der Waals surface area contributed by atoms with Crippen molar-refractivity contribution in [2.24, 2.45) is 0 Å². The fourth-order valence-corrected chi connectivity index (χ4v) is 3.62. The number of hydrogen-bond acceptors (Lipinski definition) is 5. The van der Waals surface area contributed by atoms with Crippen LogP contribution in [0.15, 0.2) is 84.4 Å². The van der Waals surface area contributed by atoms with Gasteiger partial charge in [0.05, 0.1) is 13.7 Å². The number of barbiturate groups is 1. The smallest absolute Gasteiger partial charge is 0.331 e. The monoisotopic (exact) mass is 456 g/mol. The molecule has 34 heavy (non-hydrogen) atoms. The van der Waals surface area contributed by atoms with E-state index >= 15 is 0 Å². The molecule has 1 fully saturated rings. The van der Waals surface area contributed by atoms with Gasteiger partial charge in [-0.25, -0.2) is 4.79 Å². The molecule has 1 heterocycles. The van der Waals surface area contributed by atoms with Gasteiger partial charge in [0.1, 0.15) is 11.7 Å². The van der Waals surface area contributed by atoms with Crippen molar-refractivity contribution >= 4 is 23.9 Å². The summed E-state index contributed by atoms with van der Waals surface area (Å²) in [6, 6.07) is 23.3. The van der Waals surface area contributed by atoms with Crippen LogP contribution in [0.1, 0.15) is 29.7 Å². The lowest BCUT2D eigenvalue weighted by atomic mass is 10.1. The number of carbonyl (C=O) groups excluding carboxylic acids is 3. The predicted molar refractivity (Wildman–Crippen MR) is 127 cm³/mol. The van der Waals surface area contributed by atoms with Crippen molar-refractivity contribution in [3.05, 3.63) is 101 Å². The standard InChI is InChI=1S/C27H24N2O5/c1-18(21-11-7-4-8-12-21)34-23-14-13-20(16-24(23)33-2)15-22-25(30)28-27(32)29(26(22)31)17-19-9-5-3-6-10-19/h3-16,18H,17H2,1-2H3,(H,28,30,32)/b22-15-/t18-/m0/s1. The van der Waals surface area contributed by atoms with Crippen molar-refractivity contribution in [3.8, 4) is 11.5 Å². The lowest BCUT2D eigenvalue weighted by Gasteiger charge is -2.26. The van der Waals surface area contributed by atoms with Crippen LogP contribution in [0.4, 0.5) is 4.79 Å². The number of benzene rings is 3. The van der Waals surface area contributed by atoms with Gasteiger partial charge in [0.2, 0.25) is 0 Å². The second-order valence-corrected chi connectivity index (χ2v) is 7.78. The minimum atomic E-state index is -0.743. The minimum Gasteiger partial charge on any atom is -0.493 e. The average molecular weight is 456 g/mol. The van der Waals surface area contributed by atoms with E-state index in [0.29, 0.717) is 17.1 Å². The van der Waals surface area contributed by atoms with Crippen molar-refractivity contribution in [2.45, 2.75) is 19.6 Å². The van der Waals surface area contributed by atoms with E-state index < -0.39 is 17.8 Å². The molecule has 3 aromatic carbocycles. The van der Waals surface area contributed by atoms with E-state index in [1.807, 2.05) is 55.5 Å². The highest BCUT2D eigenvalue weighted by atomic mass is 16.5. The molecule has 4 rings (SSSR count). The number of amides is 4. The number of ether oxygens (including phenoxy) is 2. The first-order valence-corrected chi connectivity index (χ1v) is 10.8. The van der Waals surface area contributed by atoms with Gasteiger partial charge in [-0.15, -0.1) is 0 Å². The maximum Gasteiger partial charge on any atom is 0.331 e. The molecule has 0 unspecified atom stereocenters. The topological polar surface area (TPSA) is 84.9 Å². The number of rotatable bonds is 7. The van der Waals surface area contributed by atoms with Crippen molar-refractivity contribution in [1.82, 2.24) is 10.2 Å².